The summed E-state index contributed by atoms with van der Waals surface area (Å²) in [5.74, 6) is 3.65. The molecule has 0 spiro atoms. The van der Waals surface area contributed by atoms with E-state index in [9.17, 15) is 0 Å². The van der Waals surface area contributed by atoms with Crippen molar-refractivity contribution < 1.29 is 0 Å². The number of nitrogens with zero attached hydrogens (tertiary/aromatic N) is 2. The van der Waals surface area contributed by atoms with Crippen LogP contribution in [0.1, 0.15) is 22.6 Å². The van der Waals surface area contributed by atoms with Gasteiger partial charge in [-0.15, -0.1) is 0 Å². The fraction of sp³-hybridized carbons (Fsp3) is 0.286. The molecule has 0 unspecified atom stereocenters. The minimum atomic E-state index is 0.614. The van der Waals surface area contributed by atoms with Crippen molar-refractivity contribution in [2.45, 2.75) is 17.9 Å². The molecule has 0 saturated heterocycles. The average molecular weight is 326 g/mol. The number of hydrogen-bond donors (Lipinski definition) is 1. The predicted molar refractivity (Wildman–Crippen MR) is 85.8 cm³/mol. The Morgan fingerprint density at radius 1 is 1.25 bits per heavy atom. The van der Waals surface area contributed by atoms with Crippen LogP contribution in [0.25, 0.3) is 0 Å². The zero-order valence-electron chi connectivity index (χ0n) is 10.9. The molecule has 6 heteroatoms. The third kappa shape index (κ3) is 2.73. The lowest BCUT2D eigenvalue weighted by Gasteiger charge is -2.10. The maximum atomic E-state index is 6.21. The van der Waals surface area contributed by atoms with Crippen molar-refractivity contribution in [1.29, 1.82) is 0 Å². The Hall–Kier alpha value is -0.970. The zero-order chi connectivity index (χ0) is 14.1. The number of anilines is 1. The largest absolute Gasteiger partial charge is 0.373 e. The molecule has 0 radical (unpaired) electrons. The highest BCUT2D eigenvalue weighted by Crippen LogP contribution is 2.33. The van der Waals surface area contributed by atoms with E-state index in [1.165, 1.54) is 5.56 Å². The number of hydrogen-bond acceptors (Lipinski definition) is 4. The van der Waals surface area contributed by atoms with Crippen molar-refractivity contribution in [3.05, 3.63) is 50.9 Å². The summed E-state index contributed by atoms with van der Waals surface area (Å²) in [5, 5.41) is 4.45. The Kier molecular flexibility index (Phi) is 4.06. The van der Waals surface area contributed by atoms with Crippen molar-refractivity contribution in [1.82, 2.24) is 9.97 Å². The number of aromatic nitrogens is 2. The maximum absolute atomic E-state index is 6.21. The number of fused-ring (bicyclic) bond motifs is 1. The lowest BCUT2D eigenvalue weighted by atomic mass is 10.1. The molecule has 1 aromatic heterocycles. The fourth-order valence-corrected chi connectivity index (χ4v) is 3.74. The minimum absolute atomic E-state index is 0.614. The monoisotopic (exact) mass is 325 g/mol. The van der Waals surface area contributed by atoms with Crippen LogP contribution in [0.2, 0.25) is 10.0 Å². The molecule has 3 rings (SSSR count). The van der Waals surface area contributed by atoms with Crippen LogP contribution in [0.4, 0.5) is 5.82 Å². The smallest absolute Gasteiger partial charge is 0.135 e. The zero-order valence-corrected chi connectivity index (χ0v) is 13.2. The predicted octanol–water partition coefficient (Wildman–Crippen LogP) is 4.16. The third-order valence-electron chi connectivity index (χ3n) is 3.22. The summed E-state index contributed by atoms with van der Waals surface area (Å²) in [7, 11) is 1.89. The van der Waals surface area contributed by atoms with Crippen LogP contribution in [-0.2, 0) is 17.9 Å². The lowest BCUT2D eigenvalue weighted by molar-refractivity contribution is 0.930. The molecule has 0 aliphatic carbocycles. The second kappa shape index (κ2) is 5.80. The van der Waals surface area contributed by atoms with Gasteiger partial charge in [0.25, 0.3) is 0 Å². The van der Waals surface area contributed by atoms with E-state index in [-0.39, 0.29) is 0 Å². The molecule has 0 atom stereocenters. The van der Waals surface area contributed by atoms with E-state index in [0.717, 1.165) is 34.4 Å². The molecule has 20 heavy (non-hydrogen) atoms. The summed E-state index contributed by atoms with van der Waals surface area (Å²) in [4.78, 5) is 9.25. The van der Waals surface area contributed by atoms with Crippen molar-refractivity contribution >= 4 is 40.8 Å². The topological polar surface area (TPSA) is 37.8 Å². The number of benzene rings is 1. The molecule has 2 aromatic rings. The van der Waals surface area contributed by atoms with Crippen LogP contribution in [0.5, 0.6) is 0 Å². The van der Waals surface area contributed by atoms with Crippen LogP contribution in [0.15, 0.2) is 18.2 Å². The number of nitrogens with one attached hydrogen (secondary N) is 1. The van der Waals surface area contributed by atoms with Gasteiger partial charge in [-0.2, -0.15) is 11.8 Å². The van der Waals surface area contributed by atoms with Gasteiger partial charge in [-0.1, -0.05) is 29.3 Å². The van der Waals surface area contributed by atoms with Gasteiger partial charge in [-0.25, -0.2) is 9.97 Å². The van der Waals surface area contributed by atoms with Gasteiger partial charge in [0, 0.05) is 40.6 Å². The van der Waals surface area contributed by atoms with Gasteiger partial charge < -0.3 is 5.32 Å². The van der Waals surface area contributed by atoms with E-state index in [0.29, 0.717) is 16.5 Å². The first-order valence-electron chi connectivity index (χ1n) is 6.25. The summed E-state index contributed by atoms with van der Waals surface area (Å²) in [6.07, 6.45) is 0.614. The van der Waals surface area contributed by atoms with Gasteiger partial charge >= 0.3 is 0 Å². The van der Waals surface area contributed by atoms with Crippen molar-refractivity contribution in [2.75, 3.05) is 12.4 Å². The van der Waals surface area contributed by atoms with Crippen molar-refractivity contribution in [2.24, 2.45) is 0 Å². The molecule has 0 saturated carbocycles. The van der Waals surface area contributed by atoms with E-state index in [4.69, 9.17) is 23.2 Å². The van der Waals surface area contributed by atoms with Crippen LogP contribution >= 0.6 is 35.0 Å². The molecule has 1 aliphatic rings. The van der Waals surface area contributed by atoms with E-state index in [1.54, 1.807) is 6.07 Å². The highest BCUT2D eigenvalue weighted by molar-refractivity contribution is 7.98. The Morgan fingerprint density at radius 2 is 2.10 bits per heavy atom. The first-order valence-corrected chi connectivity index (χ1v) is 8.16. The van der Waals surface area contributed by atoms with Crippen LogP contribution < -0.4 is 5.32 Å². The summed E-state index contributed by atoms with van der Waals surface area (Å²) >= 11 is 14.0. The quantitative estimate of drug-likeness (QED) is 0.919. The third-order valence-corrected chi connectivity index (χ3v) is 4.78. The first kappa shape index (κ1) is 14.0. The van der Waals surface area contributed by atoms with Gasteiger partial charge in [-0.05, 0) is 17.7 Å². The standard InChI is InChI=1S/C14H13Cl2N3S/c1-17-14-10-6-20-7-12(10)18-13(19-14)4-8-2-3-9(15)5-11(8)16/h2-3,5H,4,6-7H2,1H3,(H,17,18,19). The Morgan fingerprint density at radius 3 is 2.85 bits per heavy atom. The maximum Gasteiger partial charge on any atom is 0.135 e. The molecule has 1 N–H and O–H groups in total. The molecule has 0 fully saturated rings. The van der Waals surface area contributed by atoms with Gasteiger partial charge in [0.05, 0.1) is 5.69 Å². The van der Waals surface area contributed by atoms with E-state index in [2.05, 4.69) is 15.3 Å². The fourth-order valence-electron chi connectivity index (χ4n) is 2.22. The molecule has 0 bridgehead atoms. The van der Waals surface area contributed by atoms with Crippen LogP contribution in [0.3, 0.4) is 0 Å². The molecule has 2 heterocycles. The summed E-state index contributed by atoms with van der Waals surface area (Å²) < 4.78 is 0. The van der Waals surface area contributed by atoms with Crippen molar-refractivity contribution in [3.8, 4) is 0 Å². The van der Waals surface area contributed by atoms with E-state index < -0.39 is 0 Å². The SMILES string of the molecule is CNc1nc(Cc2ccc(Cl)cc2Cl)nc2c1CSC2. The molecular weight excluding hydrogens is 313 g/mol. The highest BCUT2D eigenvalue weighted by atomic mass is 35.5. The molecule has 0 amide bonds. The number of rotatable bonds is 3. The van der Waals surface area contributed by atoms with Gasteiger partial charge in [-0.3, -0.25) is 0 Å². The summed E-state index contributed by atoms with van der Waals surface area (Å²) in [5.41, 5.74) is 3.35. The molecule has 3 nitrogen and oxygen atoms in total. The second-order valence-corrected chi connectivity index (χ2v) is 6.40. The van der Waals surface area contributed by atoms with Crippen LogP contribution in [0, 0.1) is 0 Å². The van der Waals surface area contributed by atoms with Crippen LogP contribution in [-0.4, -0.2) is 17.0 Å². The molecular formula is C14H13Cl2N3S. The summed E-state index contributed by atoms with van der Waals surface area (Å²) in [6, 6.07) is 5.51. The van der Waals surface area contributed by atoms with E-state index >= 15 is 0 Å². The number of thioether (sulfide) groups is 1. The minimum Gasteiger partial charge on any atom is -0.373 e. The molecule has 1 aliphatic heterocycles. The molecule has 104 valence electrons. The summed E-state index contributed by atoms with van der Waals surface area (Å²) in [6.45, 7) is 0. The molecule has 1 aromatic carbocycles. The lowest BCUT2D eigenvalue weighted by Crippen LogP contribution is -2.06. The number of halogens is 2. The average Bonchev–Trinajstić information content (AvgIpc) is 2.89. The van der Waals surface area contributed by atoms with Gasteiger partial charge in [0.1, 0.15) is 11.6 Å². The van der Waals surface area contributed by atoms with Gasteiger partial charge in [0.2, 0.25) is 0 Å². The Balaban J connectivity index is 1.95. The second-order valence-electron chi connectivity index (χ2n) is 4.57. The Bertz CT molecular complexity index is 661. The Labute approximate surface area is 132 Å². The normalized spacial score (nSPS) is 13.3. The van der Waals surface area contributed by atoms with Gasteiger partial charge in [0.15, 0.2) is 0 Å². The van der Waals surface area contributed by atoms with E-state index in [1.807, 2.05) is 30.9 Å². The highest BCUT2D eigenvalue weighted by Gasteiger charge is 2.19. The first-order chi connectivity index (χ1) is 9.67. The van der Waals surface area contributed by atoms with Crippen molar-refractivity contribution in [3.63, 3.8) is 0 Å².